The normalized spacial score (nSPS) is 21.1. The van der Waals surface area contributed by atoms with Gasteiger partial charge in [-0.2, -0.15) is 0 Å². The molecule has 0 aliphatic carbocycles. The van der Waals surface area contributed by atoms with Crippen LogP contribution in [0.3, 0.4) is 0 Å². The Kier molecular flexibility index (Phi) is 15.4. The Bertz CT molecular complexity index is 2700. The monoisotopic (exact) mass is 1000 g/mol. The van der Waals surface area contributed by atoms with Gasteiger partial charge in [-0.25, -0.2) is 19.6 Å². The van der Waals surface area contributed by atoms with Crippen molar-refractivity contribution >= 4 is 37.8 Å². The second-order valence-electron chi connectivity index (χ2n) is 21.9. The Labute approximate surface area is 425 Å². The fraction of sp³-hybridized carbons (Fsp3) is 0.491. The van der Waals surface area contributed by atoms with Gasteiger partial charge in [0.15, 0.2) is 0 Å². The molecule has 5 heterocycles. The molecule has 7 atom stereocenters. The topological polar surface area (TPSA) is 187 Å². The van der Waals surface area contributed by atoms with Crippen molar-refractivity contribution in [3.05, 3.63) is 114 Å². The number of hydrogen-bond donors (Lipinski definition) is 4. The number of hydrogen-bond acceptors (Lipinski definition) is 10. The maximum atomic E-state index is 14.1. The van der Waals surface area contributed by atoms with Gasteiger partial charge in [0.25, 0.3) is 0 Å². The molecule has 4 amide bonds. The number of methoxy groups -OCH3 is 3. The van der Waals surface area contributed by atoms with Crippen molar-refractivity contribution in [2.45, 2.75) is 134 Å². The molecule has 72 heavy (non-hydrogen) atoms. The number of aromatic amines is 2. The zero-order valence-electron chi connectivity index (χ0n) is 43.7. The summed E-state index contributed by atoms with van der Waals surface area (Å²) in [5.41, 5.74) is 8.68. The number of imidazole rings is 2. The Morgan fingerprint density at radius 2 is 1.17 bits per heavy atom. The van der Waals surface area contributed by atoms with Crippen LogP contribution in [-0.2, 0) is 29.2 Å². The lowest BCUT2D eigenvalue weighted by Gasteiger charge is -2.34. The van der Waals surface area contributed by atoms with Gasteiger partial charge in [-0.15, -0.1) is 0 Å². The van der Waals surface area contributed by atoms with Crippen LogP contribution in [0.4, 0.5) is 15.3 Å². The summed E-state index contributed by atoms with van der Waals surface area (Å²) < 4.78 is 15.2. The van der Waals surface area contributed by atoms with Crippen LogP contribution in [0.25, 0.3) is 22.5 Å². The molecule has 0 bridgehead atoms. The minimum Gasteiger partial charge on any atom is -0.453 e. The summed E-state index contributed by atoms with van der Waals surface area (Å²) in [6.45, 7) is 17.5. The molecule has 3 aromatic carbocycles. The van der Waals surface area contributed by atoms with Crippen LogP contribution in [0.2, 0.25) is 19.1 Å². The third kappa shape index (κ3) is 11.0. The fourth-order valence-corrected chi connectivity index (χ4v) is 13.7. The smallest absolute Gasteiger partial charge is 0.407 e. The van der Waals surface area contributed by atoms with Gasteiger partial charge < -0.3 is 49.5 Å². The van der Waals surface area contributed by atoms with Gasteiger partial charge in [-0.3, -0.25) is 9.59 Å². The lowest BCUT2D eigenvalue weighted by Crippen LogP contribution is -2.54. The van der Waals surface area contributed by atoms with Gasteiger partial charge in [-0.1, -0.05) is 108 Å². The number of carbonyl (C=O) groups excluding carboxylic acids is 4. The molecule has 0 spiro atoms. The van der Waals surface area contributed by atoms with Crippen molar-refractivity contribution in [2.75, 3.05) is 38.9 Å². The van der Waals surface area contributed by atoms with Crippen molar-refractivity contribution in [1.82, 2.24) is 40.4 Å². The van der Waals surface area contributed by atoms with Crippen molar-refractivity contribution in [1.29, 1.82) is 0 Å². The van der Waals surface area contributed by atoms with Gasteiger partial charge in [-0.05, 0) is 89.9 Å². The van der Waals surface area contributed by atoms with Gasteiger partial charge in [0.1, 0.15) is 23.7 Å². The summed E-state index contributed by atoms with van der Waals surface area (Å²) in [5, 5.41) is 5.43. The van der Waals surface area contributed by atoms with Crippen LogP contribution < -0.4 is 15.5 Å². The standard InChI is InChI=1S/C55H73N9O7Si/c1-33(2)47(60-53(67)70-8)51(65)62-28-12-13-45(62)49-56-29-41(58-49)35-14-18-37(19-15-35)43-26-27-44(64(43)40-24-22-39(23-25-40)55(4,5)6)38-20-16-36(17-21-38)42-30-57-50(59-42)46-31-72(10,11)32-63(46)52(66)48(34(3)69-7)61-54(68)71-9/h14-25,29-30,33-34,43-48H,12-13,26-28,31-32H2,1-11H3,(H,56,58)(H,57,59)(H,60,67)(H,61,68)/t34?,43-,44-,45+,46+,47+,48+/m1/s1. The van der Waals surface area contributed by atoms with Crippen LogP contribution in [-0.4, -0.2) is 114 Å². The van der Waals surface area contributed by atoms with Crippen LogP contribution in [0.15, 0.2) is 85.2 Å². The van der Waals surface area contributed by atoms with E-state index in [1.807, 2.05) is 36.0 Å². The summed E-state index contributed by atoms with van der Waals surface area (Å²) in [7, 11) is 2.27. The predicted molar refractivity (Wildman–Crippen MR) is 281 cm³/mol. The first-order chi connectivity index (χ1) is 34.3. The molecule has 3 fully saturated rings. The molecular formula is C55H73N9O7Si. The number of benzene rings is 3. The zero-order chi connectivity index (χ0) is 51.6. The van der Waals surface area contributed by atoms with Crippen molar-refractivity contribution in [3.8, 4) is 22.5 Å². The Hall–Kier alpha value is -6.46. The van der Waals surface area contributed by atoms with Crippen molar-refractivity contribution < 1.29 is 33.4 Å². The number of nitrogens with zero attached hydrogens (tertiary/aromatic N) is 5. The highest BCUT2D eigenvalue weighted by atomic mass is 28.3. The fourth-order valence-electron chi connectivity index (χ4n) is 10.9. The SMILES string of the molecule is COC(=O)N[C@H](C(=O)N1CCC[C@H]1c1ncc(-c2ccc([C@H]3CC[C@H](c4ccc(-c5cnc([C@@H]6C[Si](C)(C)CN6C(=O)[C@@H](NC(=O)OC)C(C)OC)[nH]5)cc4)N3c3ccc(C(C)(C)C)cc3)cc2)[nH]1)C(C)C. The van der Waals surface area contributed by atoms with E-state index in [1.54, 1.807) is 6.92 Å². The van der Waals surface area contributed by atoms with Crippen molar-refractivity contribution in [3.63, 3.8) is 0 Å². The third-order valence-electron chi connectivity index (χ3n) is 14.9. The van der Waals surface area contributed by atoms with Crippen LogP contribution >= 0.6 is 0 Å². The van der Waals surface area contributed by atoms with Crippen LogP contribution in [0.5, 0.6) is 0 Å². The minimum absolute atomic E-state index is 0.0211. The maximum absolute atomic E-state index is 14.1. The van der Waals surface area contributed by atoms with E-state index in [1.165, 1.54) is 43.7 Å². The average Bonchev–Trinajstić information content (AvgIpc) is 4.24. The molecule has 3 aliphatic heterocycles. The molecule has 3 saturated heterocycles. The summed E-state index contributed by atoms with van der Waals surface area (Å²) in [5.74, 6) is 0.993. The lowest BCUT2D eigenvalue weighted by molar-refractivity contribution is -0.137. The van der Waals surface area contributed by atoms with E-state index in [-0.39, 0.29) is 47.3 Å². The Morgan fingerprint density at radius 1 is 0.667 bits per heavy atom. The van der Waals surface area contributed by atoms with Gasteiger partial charge >= 0.3 is 12.2 Å². The largest absolute Gasteiger partial charge is 0.453 e. The summed E-state index contributed by atoms with van der Waals surface area (Å²) >= 11 is 0. The first-order valence-corrected chi connectivity index (χ1v) is 28.7. The molecule has 3 aliphatic rings. The van der Waals surface area contributed by atoms with E-state index in [4.69, 9.17) is 24.2 Å². The number of likely N-dealkylation sites (tertiary alicyclic amines) is 1. The van der Waals surface area contributed by atoms with E-state index in [0.29, 0.717) is 12.7 Å². The van der Waals surface area contributed by atoms with E-state index < -0.39 is 38.4 Å². The van der Waals surface area contributed by atoms with Crippen molar-refractivity contribution in [2.24, 2.45) is 5.92 Å². The van der Waals surface area contributed by atoms with E-state index >= 15 is 0 Å². The van der Waals surface area contributed by atoms with Gasteiger partial charge in [0.2, 0.25) is 11.8 Å². The molecule has 384 valence electrons. The number of alkyl carbamates (subject to hydrolysis) is 2. The van der Waals surface area contributed by atoms with E-state index in [9.17, 15) is 19.2 Å². The molecular weight excluding hydrogens is 927 g/mol. The first-order valence-electron chi connectivity index (χ1n) is 25.3. The summed E-state index contributed by atoms with van der Waals surface area (Å²) in [6.07, 6.45) is 6.01. The lowest BCUT2D eigenvalue weighted by atomic mass is 9.87. The van der Waals surface area contributed by atoms with Gasteiger partial charge in [0, 0.05) is 25.5 Å². The highest BCUT2D eigenvalue weighted by Crippen LogP contribution is 2.48. The van der Waals surface area contributed by atoms with Gasteiger partial charge in [0.05, 0.1) is 76.3 Å². The van der Waals surface area contributed by atoms with E-state index in [2.05, 4.69) is 132 Å². The number of H-pyrrole nitrogens is 2. The number of nitrogens with one attached hydrogen (secondary N) is 4. The van der Waals surface area contributed by atoms with Crippen LogP contribution in [0, 0.1) is 5.92 Å². The highest BCUT2D eigenvalue weighted by molar-refractivity contribution is 6.78. The summed E-state index contributed by atoms with van der Waals surface area (Å²) in [4.78, 5) is 75.3. The molecule has 1 unspecified atom stereocenters. The molecule has 16 nitrogen and oxygen atoms in total. The predicted octanol–water partition coefficient (Wildman–Crippen LogP) is 9.78. The third-order valence-corrected chi connectivity index (χ3v) is 17.6. The number of aromatic nitrogens is 4. The van der Waals surface area contributed by atoms with E-state index in [0.717, 1.165) is 65.9 Å². The first kappa shape index (κ1) is 51.9. The zero-order valence-corrected chi connectivity index (χ0v) is 44.7. The Balaban J connectivity index is 1.01. The number of ether oxygens (including phenoxy) is 3. The maximum Gasteiger partial charge on any atom is 0.407 e. The molecule has 2 aromatic heterocycles. The molecule has 17 heteroatoms. The average molecular weight is 1000 g/mol. The molecule has 0 radical (unpaired) electrons. The Morgan fingerprint density at radius 3 is 1.65 bits per heavy atom. The molecule has 8 rings (SSSR count). The number of anilines is 1. The molecule has 0 saturated carbocycles. The van der Waals surface area contributed by atoms with Crippen LogP contribution in [0.1, 0.15) is 120 Å². The summed E-state index contributed by atoms with van der Waals surface area (Å²) in [6, 6.07) is 25.6. The second-order valence-corrected chi connectivity index (χ2v) is 26.9. The molecule has 4 N–H and O–H groups in total. The quantitative estimate of drug-likeness (QED) is 0.0781. The molecule has 5 aromatic rings. The second kappa shape index (κ2) is 21.3. The minimum atomic E-state index is -1.83. The number of carbonyl (C=O) groups is 4. The highest BCUT2D eigenvalue weighted by Gasteiger charge is 2.46. The number of rotatable bonds is 14. The number of amides is 4.